The first-order valence-corrected chi connectivity index (χ1v) is 17.1. The van der Waals surface area contributed by atoms with Crippen LogP contribution in [0.1, 0.15) is 16.7 Å². The fourth-order valence-electron chi connectivity index (χ4n) is 7.25. The highest BCUT2D eigenvalue weighted by atomic mass is 15.0. The summed E-state index contributed by atoms with van der Waals surface area (Å²) in [6.45, 7) is 4.25. The lowest BCUT2D eigenvalue weighted by Crippen LogP contribution is -2.05. The fraction of sp³-hybridized carbons (Fsp3) is 0.0217. The van der Waals surface area contributed by atoms with Crippen LogP contribution >= 0.6 is 0 Å². The topological polar surface area (TPSA) is 46.9 Å². The number of hydrogen-bond donors (Lipinski definition) is 0. The third kappa shape index (κ3) is 5.32. The molecular formula is C46H33N5. The van der Waals surface area contributed by atoms with Crippen molar-refractivity contribution >= 4 is 62.0 Å². The summed E-state index contributed by atoms with van der Waals surface area (Å²) in [5.41, 5.74) is 9.84. The van der Waals surface area contributed by atoms with Gasteiger partial charge in [0.05, 0.1) is 28.6 Å². The van der Waals surface area contributed by atoms with Gasteiger partial charge in [-0.25, -0.2) is 9.98 Å². The molecule has 0 saturated carbocycles. The largest absolute Gasteiger partial charge is 0.309 e. The van der Waals surface area contributed by atoms with Gasteiger partial charge in [-0.05, 0) is 54.7 Å². The molecule has 0 bridgehead atoms. The zero-order valence-corrected chi connectivity index (χ0v) is 27.9. The van der Waals surface area contributed by atoms with E-state index in [0.717, 1.165) is 39.1 Å². The highest BCUT2D eigenvalue weighted by Crippen LogP contribution is 2.41. The van der Waals surface area contributed by atoms with Crippen molar-refractivity contribution in [3.05, 3.63) is 193 Å². The van der Waals surface area contributed by atoms with E-state index in [1.54, 1.807) is 0 Å². The number of benzene rings is 7. The quantitative estimate of drug-likeness (QED) is 0.126. The van der Waals surface area contributed by atoms with Gasteiger partial charge < -0.3 is 9.13 Å². The number of aromatic nitrogens is 2. The van der Waals surface area contributed by atoms with Crippen molar-refractivity contribution in [3.63, 3.8) is 0 Å². The molecule has 0 saturated heterocycles. The molecule has 5 nitrogen and oxygen atoms in total. The summed E-state index contributed by atoms with van der Waals surface area (Å²) in [5, 5.41) is 4.94. The average Bonchev–Trinajstić information content (AvgIpc) is 3.72. The zero-order valence-electron chi connectivity index (χ0n) is 27.9. The molecule has 5 heteroatoms. The van der Waals surface area contributed by atoms with Gasteiger partial charge in [0.15, 0.2) is 11.7 Å². The minimum atomic E-state index is 0.449. The van der Waals surface area contributed by atoms with E-state index in [2.05, 4.69) is 136 Å². The van der Waals surface area contributed by atoms with Gasteiger partial charge in [0, 0.05) is 44.0 Å². The van der Waals surface area contributed by atoms with Crippen molar-refractivity contribution in [1.29, 1.82) is 0 Å². The van der Waals surface area contributed by atoms with E-state index in [-0.39, 0.29) is 0 Å². The molecule has 9 aromatic rings. The molecule has 0 aliphatic rings. The summed E-state index contributed by atoms with van der Waals surface area (Å²) >= 11 is 0. The summed E-state index contributed by atoms with van der Waals surface area (Å²) in [7, 11) is 0. The van der Waals surface area contributed by atoms with Crippen molar-refractivity contribution in [2.75, 3.05) is 0 Å². The normalized spacial score (nSPS) is 12.3. The number of para-hydroxylation sites is 3. The molecule has 2 heterocycles. The fourth-order valence-corrected chi connectivity index (χ4v) is 7.25. The van der Waals surface area contributed by atoms with Gasteiger partial charge in [-0.1, -0.05) is 133 Å². The lowest BCUT2D eigenvalue weighted by atomic mass is 10.1. The summed E-state index contributed by atoms with van der Waals surface area (Å²) in [6, 6.07) is 61.3. The van der Waals surface area contributed by atoms with E-state index < -0.39 is 0 Å². The van der Waals surface area contributed by atoms with Crippen LogP contribution < -0.4 is 0 Å². The van der Waals surface area contributed by atoms with Gasteiger partial charge in [0.2, 0.25) is 0 Å². The Kier molecular flexibility index (Phi) is 7.63. The maximum absolute atomic E-state index is 5.06. The van der Waals surface area contributed by atoms with Crippen LogP contribution in [-0.4, -0.2) is 27.5 Å². The van der Waals surface area contributed by atoms with E-state index in [0.29, 0.717) is 18.2 Å². The second kappa shape index (κ2) is 12.9. The second-order valence-electron chi connectivity index (χ2n) is 12.5. The monoisotopic (exact) mass is 655 g/mol. The standard InChI is InChI=1S/C46H33N5/c1-47-45(33-17-5-2-6-18-33)49-46(34-19-7-3-8-20-34)48-31-32-16-15-23-36(30-32)50-41-27-14-12-25-39(41)43-42(50)29-28-38-37-24-11-13-26-40(37)51(44(38)43)35-21-9-4-10-22-35/h2-30H,1,31H2. The Morgan fingerprint density at radius 2 is 1.06 bits per heavy atom. The van der Waals surface area contributed by atoms with Gasteiger partial charge in [-0.3, -0.25) is 4.99 Å². The maximum atomic E-state index is 5.06. The molecular weight excluding hydrogens is 623 g/mol. The van der Waals surface area contributed by atoms with Crippen LogP contribution in [0.2, 0.25) is 0 Å². The molecule has 7 aromatic carbocycles. The molecule has 9 rings (SSSR count). The average molecular weight is 656 g/mol. The van der Waals surface area contributed by atoms with Crippen molar-refractivity contribution in [2.24, 2.45) is 15.0 Å². The van der Waals surface area contributed by atoms with Gasteiger partial charge in [0.25, 0.3) is 0 Å². The highest BCUT2D eigenvalue weighted by molar-refractivity contribution is 6.26. The third-order valence-corrected chi connectivity index (χ3v) is 9.49. The minimum absolute atomic E-state index is 0.449. The summed E-state index contributed by atoms with van der Waals surface area (Å²) < 4.78 is 4.80. The Bertz CT molecular complexity index is 2770. The number of nitrogens with zero attached hydrogens (tertiary/aromatic N) is 5. The van der Waals surface area contributed by atoms with Crippen LogP contribution in [0.3, 0.4) is 0 Å². The molecule has 0 unspecified atom stereocenters. The first-order valence-electron chi connectivity index (χ1n) is 17.1. The van der Waals surface area contributed by atoms with Crippen LogP contribution in [0.15, 0.2) is 191 Å². The molecule has 0 fully saturated rings. The van der Waals surface area contributed by atoms with E-state index >= 15 is 0 Å². The SMILES string of the molecule is C=NC(=NC(=NCc1cccc(-n2c3ccccc3c3c2ccc2c4ccccc4n(-c4ccccc4)c23)c1)c1ccccc1)c1ccccc1. The van der Waals surface area contributed by atoms with Gasteiger partial charge >= 0.3 is 0 Å². The Morgan fingerprint density at radius 1 is 0.471 bits per heavy atom. The minimum Gasteiger partial charge on any atom is -0.309 e. The van der Waals surface area contributed by atoms with Crippen molar-refractivity contribution in [2.45, 2.75) is 6.54 Å². The number of hydrogen-bond acceptors (Lipinski definition) is 1. The molecule has 0 aliphatic carbocycles. The Labute approximate surface area is 295 Å². The smallest absolute Gasteiger partial charge is 0.161 e. The molecule has 51 heavy (non-hydrogen) atoms. The lowest BCUT2D eigenvalue weighted by molar-refractivity contribution is 1.05. The Hall–Kier alpha value is -6.85. The van der Waals surface area contributed by atoms with Crippen molar-refractivity contribution in [1.82, 2.24) is 9.13 Å². The number of aliphatic imine (C=N–C) groups is 3. The molecule has 0 N–H and O–H groups in total. The van der Waals surface area contributed by atoms with Crippen LogP contribution in [0.25, 0.3) is 55.0 Å². The first-order chi connectivity index (χ1) is 25.3. The van der Waals surface area contributed by atoms with Crippen LogP contribution in [-0.2, 0) is 6.54 Å². The number of fused-ring (bicyclic) bond motifs is 7. The lowest BCUT2D eigenvalue weighted by Gasteiger charge is -2.11. The summed E-state index contributed by atoms with van der Waals surface area (Å²) in [5.74, 6) is 1.15. The molecule has 0 atom stereocenters. The van der Waals surface area contributed by atoms with E-state index in [9.17, 15) is 0 Å². The van der Waals surface area contributed by atoms with Gasteiger partial charge in [-0.15, -0.1) is 0 Å². The van der Waals surface area contributed by atoms with Gasteiger partial charge in [0.1, 0.15) is 0 Å². The highest BCUT2D eigenvalue weighted by Gasteiger charge is 2.20. The summed E-state index contributed by atoms with van der Waals surface area (Å²) in [6.07, 6.45) is 0. The maximum Gasteiger partial charge on any atom is 0.161 e. The van der Waals surface area contributed by atoms with Crippen LogP contribution in [0, 0.1) is 0 Å². The molecule has 242 valence electrons. The van der Waals surface area contributed by atoms with Crippen LogP contribution in [0.5, 0.6) is 0 Å². The van der Waals surface area contributed by atoms with Crippen molar-refractivity contribution < 1.29 is 0 Å². The predicted octanol–water partition coefficient (Wildman–Crippen LogP) is 11.0. The molecule has 0 radical (unpaired) electrons. The molecule has 0 aliphatic heterocycles. The number of amidine groups is 2. The van der Waals surface area contributed by atoms with E-state index in [1.165, 1.54) is 32.6 Å². The van der Waals surface area contributed by atoms with Gasteiger partial charge in [-0.2, -0.15) is 0 Å². The zero-order chi connectivity index (χ0) is 34.1. The molecule has 2 aromatic heterocycles. The third-order valence-electron chi connectivity index (χ3n) is 9.49. The Balaban J connectivity index is 1.21. The summed E-state index contributed by atoms with van der Waals surface area (Å²) in [4.78, 5) is 14.2. The van der Waals surface area contributed by atoms with E-state index in [4.69, 9.17) is 9.98 Å². The van der Waals surface area contributed by atoms with Crippen molar-refractivity contribution in [3.8, 4) is 11.4 Å². The predicted molar refractivity (Wildman–Crippen MR) is 214 cm³/mol. The van der Waals surface area contributed by atoms with Crippen LogP contribution in [0.4, 0.5) is 0 Å². The van der Waals surface area contributed by atoms with E-state index in [1.807, 2.05) is 60.7 Å². The number of rotatable bonds is 6. The first kappa shape index (κ1) is 30.2. The Morgan fingerprint density at radius 3 is 1.76 bits per heavy atom. The molecule has 0 spiro atoms. The molecule has 0 amide bonds. The second-order valence-corrected chi connectivity index (χ2v) is 12.5.